The van der Waals surface area contributed by atoms with Gasteiger partial charge in [-0.3, -0.25) is 19.7 Å². The van der Waals surface area contributed by atoms with E-state index in [2.05, 4.69) is 19.9 Å². The third kappa shape index (κ3) is 5.93. The van der Waals surface area contributed by atoms with E-state index in [1.165, 1.54) is 48.6 Å². The summed E-state index contributed by atoms with van der Waals surface area (Å²) in [6.45, 7) is 5.37. The van der Waals surface area contributed by atoms with E-state index in [-0.39, 0.29) is 16.5 Å². The minimum atomic E-state index is -3.89. The molecule has 8 nitrogen and oxygen atoms in total. The minimum absolute atomic E-state index is 0.0117. The number of aromatic nitrogens is 1. The maximum Gasteiger partial charge on any atom is 0.262 e. The van der Waals surface area contributed by atoms with Gasteiger partial charge < -0.3 is 4.74 Å². The number of benzene rings is 2. The highest BCUT2D eigenvalue weighted by atomic mass is 32.2. The van der Waals surface area contributed by atoms with Crippen LogP contribution in [0.3, 0.4) is 0 Å². The fourth-order valence-electron chi connectivity index (χ4n) is 3.41. The number of nitrogens with one attached hydrogen (secondary N) is 2. The van der Waals surface area contributed by atoms with Crippen LogP contribution in [0.4, 0.5) is 15.2 Å². The average Bonchev–Trinajstić information content (AvgIpc) is 3.21. The summed E-state index contributed by atoms with van der Waals surface area (Å²) in [4.78, 5) is 19.3. The standard InChI is InChI=1S/C22H23FN4O4S2/c1-15-12-17(23)4-7-20(15)33(29,30)26-18-5-2-16(3-6-18)21(28)25-22-24-19(14-32-22)13-27-8-10-31-11-9-27/h2-7,12,14,26H,8-11,13H2,1H3,(H,24,25,28). The van der Waals surface area contributed by atoms with E-state index in [1.54, 1.807) is 0 Å². The Kier molecular flexibility index (Phi) is 7.03. The van der Waals surface area contributed by atoms with Crippen LogP contribution in [0.1, 0.15) is 21.6 Å². The summed E-state index contributed by atoms with van der Waals surface area (Å²) in [5.41, 5.74) is 1.84. The highest BCUT2D eigenvalue weighted by Crippen LogP contribution is 2.22. The molecule has 4 rings (SSSR count). The molecule has 0 radical (unpaired) electrons. The number of amides is 1. The molecule has 0 unspecified atom stereocenters. The van der Waals surface area contributed by atoms with Crippen LogP contribution in [0.15, 0.2) is 52.7 Å². The number of thiazole rings is 1. The van der Waals surface area contributed by atoms with Crippen LogP contribution < -0.4 is 10.0 Å². The van der Waals surface area contributed by atoms with Crippen molar-refractivity contribution in [3.63, 3.8) is 0 Å². The zero-order valence-corrected chi connectivity index (χ0v) is 19.5. The van der Waals surface area contributed by atoms with Crippen molar-refractivity contribution >= 4 is 38.1 Å². The van der Waals surface area contributed by atoms with Crippen molar-refractivity contribution < 1.29 is 22.3 Å². The van der Waals surface area contributed by atoms with Gasteiger partial charge in [-0.15, -0.1) is 11.3 Å². The fourth-order valence-corrected chi connectivity index (χ4v) is 5.39. The van der Waals surface area contributed by atoms with Gasteiger partial charge in [0.1, 0.15) is 5.82 Å². The number of nitrogens with zero attached hydrogens (tertiary/aromatic N) is 2. The van der Waals surface area contributed by atoms with E-state index in [0.717, 1.165) is 30.9 Å². The predicted molar refractivity (Wildman–Crippen MR) is 125 cm³/mol. The largest absolute Gasteiger partial charge is 0.379 e. The summed E-state index contributed by atoms with van der Waals surface area (Å²) in [5.74, 6) is -0.846. The topological polar surface area (TPSA) is 101 Å². The maximum atomic E-state index is 13.3. The summed E-state index contributed by atoms with van der Waals surface area (Å²) in [7, 11) is -3.89. The number of carbonyl (C=O) groups is 1. The number of aryl methyl sites for hydroxylation is 1. The molecule has 1 saturated heterocycles. The van der Waals surface area contributed by atoms with Crippen molar-refractivity contribution in [2.45, 2.75) is 18.4 Å². The van der Waals surface area contributed by atoms with Gasteiger partial charge in [0.25, 0.3) is 15.9 Å². The first kappa shape index (κ1) is 23.3. The van der Waals surface area contributed by atoms with Crippen LogP contribution in [0.2, 0.25) is 0 Å². The van der Waals surface area contributed by atoms with E-state index in [9.17, 15) is 17.6 Å². The SMILES string of the molecule is Cc1cc(F)ccc1S(=O)(=O)Nc1ccc(C(=O)Nc2nc(CN3CCOCC3)cs2)cc1. The molecule has 0 aliphatic carbocycles. The van der Waals surface area contributed by atoms with Gasteiger partial charge >= 0.3 is 0 Å². The molecule has 1 aromatic heterocycles. The van der Waals surface area contributed by atoms with Crippen LogP contribution in [-0.2, 0) is 21.3 Å². The molecule has 1 aliphatic heterocycles. The second-order valence-corrected chi connectivity index (χ2v) is 10.1. The van der Waals surface area contributed by atoms with E-state index < -0.39 is 15.8 Å². The van der Waals surface area contributed by atoms with Crippen LogP contribution in [-0.4, -0.2) is 50.5 Å². The first-order chi connectivity index (χ1) is 15.8. The zero-order valence-electron chi connectivity index (χ0n) is 17.9. The number of hydrogen-bond donors (Lipinski definition) is 2. The number of hydrogen-bond acceptors (Lipinski definition) is 7. The molecule has 1 aliphatic rings. The summed E-state index contributed by atoms with van der Waals surface area (Å²) in [6.07, 6.45) is 0. The second kappa shape index (κ2) is 9.96. The number of rotatable bonds is 7. The van der Waals surface area contributed by atoms with Crippen molar-refractivity contribution in [2.24, 2.45) is 0 Å². The molecule has 174 valence electrons. The van der Waals surface area contributed by atoms with E-state index in [1.807, 2.05) is 5.38 Å². The lowest BCUT2D eigenvalue weighted by atomic mass is 10.2. The molecule has 1 amide bonds. The van der Waals surface area contributed by atoms with Gasteiger partial charge in [-0.05, 0) is 55.0 Å². The number of halogens is 1. The van der Waals surface area contributed by atoms with Crippen molar-refractivity contribution in [2.75, 3.05) is 36.3 Å². The molecule has 0 spiro atoms. The van der Waals surface area contributed by atoms with Crippen LogP contribution in [0.5, 0.6) is 0 Å². The first-order valence-corrected chi connectivity index (χ1v) is 12.6. The average molecular weight is 491 g/mol. The normalized spacial score (nSPS) is 14.7. The van der Waals surface area contributed by atoms with Gasteiger partial charge in [0, 0.05) is 36.3 Å². The number of ether oxygens (including phenoxy) is 1. The highest BCUT2D eigenvalue weighted by molar-refractivity contribution is 7.92. The molecule has 1 fully saturated rings. The number of anilines is 2. The minimum Gasteiger partial charge on any atom is -0.379 e. The molecule has 2 aromatic carbocycles. The number of sulfonamides is 1. The zero-order chi connectivity index (χ0) is 23.4. The Bertz CT molecular complexity index is 1240. The van der Waals surface area contributed by atoms with Gasteiger partial charge in [0.2, 0.25) is 0 Å². The highest BCUT2D eigenvalue weighted by Gasteiger charge is 2.18. The van der Waals surface area contributed by atoms with Crippen molar-refractivity contribution in [1.29, 1.82) is 0 Å². The third-order valence-electron chi connectivity index (χ3n) is 5.09. The Morgan fingerprint density at radius 2 is 1.91 bits per heavy atom. The summed E-state index contributed by atoms with van der Waals surface area (Å²) in [5, 5.41) is 5.19. The van der Waals surface area contributed by atoms with Crippen LogP contribution in [0, 0.1) is 12.7 Å². The summed E-state index contributed by atoms with van der Waals surface area (Å²) < 4.78 is 46.3. The van der Waals surface area contributed by atoms with Gasteiger partial charge in [0.05, 0.1) is 23.8 Å². The molecule has 2 N–H and O–H groups in total. The van der Waals surface area contributed by atoms with E-state index in [0.29, 0.717) is 36.0 Å². The Morgan fingerprint density at radius 1 is 1.18 bits per heavy atom. The predicted octanol–water partition coefficient (Wildman–Crippen LogP) is 3.48. The molecule has 0 atom stereocenters. The van der Waals surface area contributed by atoms with Crippen LogP contribution in [0.25, 0.3) is 0 Å². The first-order valence-electron chi connectivity index (χ1n) is 10.2. The lowest BCUT2D eigenvalue weighted by Gasteiger charge is -2.25. The molecule has 0 bridgehead atoms. The Hall–Kier alpha value is -2.86. The fraction of sp³-hybridized carbons (Fsp3) is 0.273. The van der Waals surface area contributed by atoms with Gasteiger partial charge in [-0.2, -0.15) is 0 Å². The molecule has 33 heavy (non-hydrogen) atoms. The van der Waals surface area contributed by atoms with E-state index >= 15 is 0 Å². The van der Waals surface area contributed by atoms with Gasteiger partial charge in [0.15, 0.2) is 5.13 Å². The third-order valence-corrected chi connectivity index (χ3v) is 7.44. The lowest BCUT2D eigenvalue weighted by Crippen LogP contribution is -2.35. The van der Waals surface area contributed by atoms with Crippen LogP contribution >= 0.6 is 11.3 Å². The van der Waals surface area contributed by atoms with Crippen molar-refractivity contribution in [1.82, 2.24) is 9.88 Å². The van der Waals surface area contributed by atoms with Gasteiger partial charge in [-0.1, -0.05) is 0 Å². The smallest absolute Gasteiger partial charge is 0.262 e. The summed E-state index contributed by atoms with van der Waals surface area (Å²) in [6, 6.07) is 9.51. The van der Waals surface area contributed by atoms with Gasteiger partial charge in [-0.25, -0.2) is 17.8 Å². The molecular weight excluding hydrogens is 467 g/mol. The molecular formula is C22H23FN4O4S2. The van der Waals surface area contributed by atoms with Crippen molar-refractivity contribution in [3.8, 4) is 0 Å². The number of morpholine rings is 1. The maximum absolute atomic E-state index is 13.3. The second-order valence-electron chi connectivity index (χ2n) is 7.58. The van der Waals surface area contributed by atoms with E-state index in [4.69, 9.17) is 4.74 Å². The Morgan fingerprint density at radius 3 is 2.61 bits per heavy atom. The summed E-state index contributed by atoms with van der Waals surface area (Å²) >= 11 is 1.35. The Balaban J connectivity index is 1.37. The lowest BCUT2D eigenvalue weighted by molar-refractivity contribution is 0.0337. The quantitative estimate of drug-likeness (QED) is 0.526. The Labute approximate surface area is 195 Å². The molecule has 0 saturated carbocycles. The molecule has 2 heterocycles. The number of carbonyl (C=O) groups excluding carboxylic acids is 1. The monoisotopic (exact) mass is 490 g/mol. The molecule has 3 aromatic rings. The molecule has 11 heteroatoms. The van der Waals surface area contributed by atoms with Crippen molar-refractivity contribution in [3.05, 3.63) is 70.5 Å².